The Bertz CT molecular complexity index is 2760. The number of nitro groups is 3. The van der Waals surface area contributed by atoms with E-state index >= 15 is 0 Å². The van der Waals surface area contributed by atoms with Crippen molar-refractivity contribution in [1.82, 2.24) is 30.2 Å². The van der Waals surface area contributed by atoms with Crippen molar-refractivity contribution in [3.05, 3.63) is 131 Å². The summed E-state index contributed by atoms with van der Waals surface area (Å²) in [5, 5.41) is 74.1. The quantitative estimate of drug-likeness (QED) is 0.0138. The van der Waals surface area contributed by atoms with Crippen LogP contribution in [0, 0.1) is 35.7 Å². The highest BCUT2D eigenvalue weighted by molar-refractivity contribution is 14.1. The van der Waals surface area contributed by atoms with Gasteiger partial charge in [0.2, 0.25) is 5.39 Å². The van der Waals surface area contributed by atoms with E-state index in [0.29, 0.717) is 46.6 Å². The number of nitrogens with two attached hydrogens (primary N) is 3. The number of benzene rings is 3. The standard InChI is InChI=1S/C15H20N6O2.C13H16N6O2.C7H13N3.C6H4N3O2.C2H5I.BF3.FH/c1-5-20-14(16)12(13(19-20)15(2,3)4)18-17-10-6-8-11(9-7-10)21(22)23;1-13(2,3)11-10(12(14)18-17-11)16-15-8-4-6-9(7-5-8)19(20)21;1-7(2,3)5-4-6(8)10-9-5;7-8-5-1-3-6(4-2-5)9(10)11;1-2-3;2-1(3)4;/h6-9H,5,16H2,1-4H3;4-7H,1-3H3,(H3,14,17,18);4H,1-3H3,(H3,8,9,10);1-4H;2H2,1H3;;1H/q;;;+1;;;/p-1. The van der Waals surface area contributed by atoms with Gasteiger partial charge >= 0.3 is 13.2 Å². The molecule has 0 radical (unpaired) electrons. The number of halogens is 5. The van der Waals surface area contributed by atoms with E-state index in [0.717, 1.165) is 17.1 Å². The topological polar surface area (TPSA) is 360 Å². The lowest BCUT2D eigenvalue weighted by Gasteiger charge is -2.16. The van der Waals surface area contributed by atoms with Crippen LogP contribution < -0.4 is 21.9 Å². The van der Waals surface area contributed by atoms with Crippen LogP contribution in [0.15, 0.2) is 99.3 Å². The molecule has 24 nitrogen and oxygen atoms in total. The number of nitrogens with zero attached hydrogens (tertiary/aromatic N) is 13. The molecule has 6 rings (SSSR count). The molecule has 0 unspecified atom stereocenters. The highest BCUT2D eigenvalue weighted by Gasteiger charge is 2.26. The number of aromatic nitrogens is 6. The van der Waals surface area contributed by atoms with Gasteiger partial charge in [0.25, 0.3) is 17.1 Å². The lowest BCUT2D eigenvalue weighted by Crippen LogP contribution is -3.00. The van der Waals surface area contributed by atoms with Gasteiger partial charge in [0.1, 0.15) is 11.6 Å². The number of aryl methyl sites for hydroxylation is 1. The van der Waals surface area contributed by atoms with Crippen molar-refractivity contribution in [1.29, 1.82) is 5.39 Å². The van der Waals surface area contributed by atoms with Gasteiger partial charge in [-0.05, 0) is 35.6 Å². The molecular formula is C43H58BF4IN18O6. The molecule has 30 heteroatoms. The van der Waals surface area contributed by atoms with Crippen molar-refractivity contribution in [2.45, 2.75) is 99.0 Å². The fraction of sp³-hybridized carbons (Fsp3) is 0.372. The molecule has 3 aromatic carbocycles. The number of diazo groups is 1. The number of non-ortho nitro benzene ring substituents is 3. The number of anilines is 3. The van der Waals surface area contributed by atoms with E-state index in [1.54, 1.807) is 16.8 Å². The molecule has 0 amide bonds. The summed E-state index contributed by atoms with van der Waals surface area (Å²) in [6.07, 6.45) is 0. The van der Waals surface area contributed by atoms with Gasteiger partial charge in [0.15, 0.2) is 22.2 Å². The highest BCUT2D eigenvalue weighted by atomic mass is 127. The first kappa shape index (κ1) is 65.0. The van der Waals surface area contributed by atoms with Crippen LogP contribution in [0.4, 0.5) is 75.9 Å². The summed E-state index contributed by atoms with van der Waals surface area (Å²) in [5.74, 6) is 1.29. The maximum atomic E-state index is 10.7. The summed E-state index contributed by atoms with van der Waals surface area (Å²) in [6, 6.07) is 18.8. The molecule has 73 heavy (non-hydrogen) atoms. The molecular weight excluding hydrogens is 1080 g/mol. The van der Waals surface area contributed by atoms with Crippen LogP contribution in [0.1, 0.15) is 93.2 Å². The number of nitrogen functional groups attached to an aromatic ring is 3. The molecule has 0 atom stereocenters. The first-order valence-corrected chi connectivity index (χ1v) is 22.9. The fourth-order valence-electron chi connectivity index (χ4n) is 5.14. The number of hydrogen-bond donors (Lipinski definition) is 5. The Kier molecular flexibility index (Phi) is 26.7. The average molecular weight is 1140 g/mol. The van der Waals surface area contributed by atoms with Gasteiger partial charge in [-0.3, -0.25) is 53.5 Å². The number of H-pyrrole nitrogens is 2. The second kappa shape index (κ2) is 30.0. The van der Waals surface area contributed by atoms with Crippen LogP contribution in [0.5, 0.6) is 0 Å². The van der Waals surface area contributed by atoms with E-state index in [2.05, 4.69) is 101 Å². The lowest BCUT2D eigenvalue weighted by molar-refractivity contribution is -0.385. The van der Waals surface area contributed by atoms with Crippen molar-refractivity contribution in [2.75, 3.05) is 21.6 Å². The van der Waals surface area contributed by atoms with Gasteiger partial charge in [-0.25, -0.2) is 4.68 Å². The van der Waals surface area contributed by atoms with E-state index in [1.807, 2.05) is 54.5 Å². The lowest BCUT2D eigenvalue weighted by atomic mass is 9.91. The smallest absolute Gasteiger partial charge is 0.762 e. The van der Waals surface area contributed by atoms with E-state index < -0.39 is 22.3 Å². The Morgan fingerprint density at radius 1 is 0.685 bits per heavy atom. The maximum Gasteiger partial charge on any atom is 0.762 e. The highest BCUT2D eigenvalue weighted by Crippen LogP contribution is 2.37. The van der Waals surface area contributed by atoms with Gasteiger partial charge < -0.3 is 21.9 Å². The third kappa shape index (κ3) is 22.8. The first-order valence-electron chi connectivity index (χ1n) is 21.3. The minimum atomic E-state index is -3.67. The van der Waals surface area contributed by atoms with Crippen molar-refractivity contribution in [2.24, 2.45) is 20.5 Å². The SMILES string of the molecule is CC(C)(C)c1[nH]nc(N)c1N=Nc1ccc([N+](=O)[O-])cc1.CC(C)(C)c1cc(N)n[nH]1.CCI.CCn1nc(C(C)(C)C)c(N=Nc2ccc([N+](=O)[O-])cc2)c1N.FB(F)F.N#[N+]c1ccc([N+](=O)[O-])cc1.[F-]. The second-order valence-electron chi connectivity index (χ2n) is 17.5. The molecule has 3 heterocycles. The van der Waals surface area contributed by atoms with E-state index in [1.165, 1.54) is 65.1 Å². The van der Waals surface area contributed by atoms with Gasteiger partial charge in [-0.1, -0.05) is 91.8 Å². The second-order valence-corrected chi connectivity index (χ2v) is 19.0. The third-order valence-electron chi connectivity index (χ3n) is 8.73. The summed E-state index contributed by atoms with van der Waals surface area (Å²) in [7, 11) is -3.67. The van der Waals surface area contributed by atoms with Crippen molar-refractivity contribution in [3.8, 4) is 0 Å². The number of azo groups is 2. The van der Waals surface area contributed by atoms with Crippen LogP contribution in [0.25, 0.3) is 4.98 Å². The molecule has 0 bridgehead atoms. The summed E-state index contributed by atoms with van der Waals surface area (Å²) in [4.78, 5) is 32.8. The van der Waals surface area contributed by atoms with Gasteiger partial charge in [-0.2, -0.15) is 25.5 Å². The van der Waals surface area contributed by atoms with E-state index in [-0.39, 0.29) is 43.8 Å². The van der Waals surface area contributed by atoms with Crippen LogP contribution in [-0.2, 0) is 22.8 Å². The Morgan fingerprint density at radius 2 is 1.08 bits per heavy atom. The molecule has 0 saturated heterocycles. The molecule has 3 aromatic heterocycles. The van der Waals surface area contributed by atoms with Crippen molar-refractivity contribution >= 4 is 93.1 Å². The number of rotatable bonds is 8. The van der Waals surface area contributed by atoms with Crippen molar-refractivity contribution < 1.29 is 32.4 Å². The number of nitro benzene ring substituents is 3. The predicted octanol–water partition coefficient (Wildman–Crippen LogP) is 10.4. The zero-order chi connectivity index (χ0) is 55.1. The minimum absolute atomic E-state index is 0. The van der Waals surface area contributed by atoms with Crippen LogP contribution in [-0.4, -0.2) is 56.9 Å². The number of nitrogens with one attached hydrogen (secondary N) is 2. The zero-order valence-electron chi connectivity index (χ0n) is 41.9. The molecule has 6 aromatic rings. The molecule has 0 aliphatic heterocycles. The Morgan fingerprint density at radius 3 is 1.38 bits per heavy atom. The number of hydrogen-bond acceptors (Lipinski definition) is 17. The Hall–Kier alpha value is -7.98. The maximum absolute atomic E-state index is 10.7. The molecule has 0 spiro atoms. The monoisotopic (exact) mass is 1140 g/mol. The largest absolute Gasteiger partial charge is 1.00 e. The minimum Gasteiger partial charge on any atom is -1.00 e. The summed E-state index contributed by atoms with van der Waals surface area (Å²) >= 11 is 2.29. The van der Waals surface area contributed by atoms with Crippen molar-refractivity contribution in [3.63, 3.8) is 0 Å². The van der Waals surface area contributed by atoms with Gasteiger partial charge in [0, 0.05) is 83.1 Å². The molecule has 8 N–H and O–H groups in total. The van der Waals surface area contributed by atoms with Crippen LogP contribution in [0.3, 0.4) is 0 Å². The van der Waals surface area contributed by atoms with Gasteiger partial charge in [0.05, 0.1) is 37.5 Å². The first-order chi connectivity index (χ1) is 33.4. The van der Waals surface area contributed by atoms with Gasteiger partial charge in [-0.15, -0.1) is 10.2 Å². The number of aromatic amines is 2. The molecule has 0 fully saturated rings. The third-order valence-corrected chi connectivity index (χ3v) is 8.73. The van der Waals surface area contributed by atoms with E-state index in [4.69, 9.17) is 22.6 Å². The normalized spacial score (nSPS) is 10.8. The summed E-state index contributed by atoms with van der Waals surface area (Å²) in [6.45, 7) is 23.1. The van der Waals surface area contributed by atoms with E-state index in [9.17, 15) is 43.3 Å². The van der Waals surface area contributed by atoms with Crippen LogP contribution in [0.2, 0.25) is 0 Å². The zero-order valence-corrected chi connectivity index (χ0v) is 44.0. The summed E-state index contributed by atoms with van der Waals surface area (Å²) < 4.78 is 31.9. The number of alkyl halides is 1. The predicted molar refractivity (Wildman–Crippen MR) is 280 cm³/mol. The molecule has 0 aliphatic carbocycles. The molecule has 0 saturated carbocycles. The molecule has 394 valence electrons. The van der Waals surface area contributed by atoms with Crippen LogP contribution >= 0.6 is 22.6 Å². The Labute approximate surface area is 431 Å². The average Bonchev–Trinajstić information content (AvgIpc) is 4.01. The summed E-state index contributed by atoms with van der Waals surface area (Å²) in [5.41, 5.74) is 22.0. The molecule has 0 aliphatic rings. The fourth-order valence-corrected chi connectivity index (χ4v) is 5.14. The Balaban J connectivity index is 0.000000944.